The third-order valence-electron chi connectivity index (χ3n) is 3.46. The highest BCUT2D eigenvalue weighted by molar-refractivity contribution is 6.32. The van der Waals surface area contributed by atoms with Crippen LogP contribution in [0.1, 0.15) is 17.1 Å². The van der Waals surface area contributed by atoms with E-state index in [-0.39, 0.29) is 10.8 Å². The van der Waals surface area contributed by atoms with Crippen LogP contribution in [0, 0.1) is 13.8 Å². The van der Waals surface area contributed by atoms with Crippen LogP contribution in [0.3, 0.4) is 0 Å². The highest BCUT2D eigenvalue weighted by Gasteiger charge is 2.31. The molecule has 0 saturated heterocycles. The van der Waals surface area contributed by atoms with Crippen molar-refractivity contribution >= 4 is 22.5 Å². The van der Waals surface area contributed by atoms with Crippen LogP contribution in [0.4, 0.5) is 13.2 Å². The van der Waals surface area contributed by atoms with Gasteiger partial charge in [0.2, 0.25) is 0 Å². The molecule has 3 rings (SSSR count). The number of ether oxygens (including phenoxy) is 1. The van der Waals surface area contributed by atoms with E-state index in [0.29, 0.717) is 11.6 Å². The Hall–Kier alpha value is -2.34. The van der Waals surface area contributed by atoms with Gasteiger partial charge in [-0.25, -0.2) is 9.97 Å². The molecule has 0 aliphatic carbocycles. The Kier molecular flexibility index (Phi) is 4.09. The van der Waals surface area contributed by atoms with Crippen molar-refractivity contribution in [3.8, 4) is 11.5 Å². The average Bonchev–Trinajstić information content (AvgIpc) is 2.48. The molecule has 3 nitrogen and oxygen atoms in total. The minimum Gasteiger partial charge on any atom is -0.456 e. The van der Waals surface area contributed by atoms with Gasteiger partial charge in [0.1, 0.15) is 17.3 Å². The Balaban J connectivity index is 1.95. The standard InChI is InChI=1S/C17H12ClF3N2O/c1-9-13-8-12(4-5-15(13)23-10(2)22-9)24-16-6-3-11(7-14(16)18)17(19,20)21/h3-8H,1-2H3. The molecule has 0 atom stereocenters. The number of rotatable bonds is 2. The summed E-state index contributed by atoms with van der Waals surface area (Å²) in [7, 11) is 0. The van der Waals surface area contributed by atoms with Crippen molar-refractivity contribution in [2.24, 2.45) is 0 Å². The highest BCUT2D eigenvalue weighted by Crippen LogP contribution is 2.36. The van der Waals surface area contributed by atoms with E-state index < -0.39 is 11.7 Å². The van der Waals surface area contributed by atoms with Crippen molar-refractivity contribution in [1.29, 1.82) is 0 Å². The molecule has 0 aliphatic rings. The monoisotopic (exact) mass is 352 g/mol. The zero-order valence-electron chi connectivity index (χ0n) is 12.8. The second-order valence-electron chi connectivity index (χ2n) is 5.28. The van der Waals surface area contributed by atoms with Crippen molar-refractivity contribution in [2.45, 2.75) is 20.0 Å². The first-order valence-corrected chi connectivity index (χ1v) is 7.41. The van der Waals surface area contributed by atoms with Crippen molar-refractivity contribution < 1.29 is 17.9 Å². The summed E-state index contributed by atoms with van der Waals surface area (Å²) in [4.78, 5) is 8.61. The molecule has 124 valence electrons. The zero-order chi connectivity index (χ0) is 17.5. The number of halogens is 4. The van der Waals surface area contributed by atoms with Gasteiger partial charge in [-0.3, -0.25) is 0 Å². The fourth-order valence-electron chi connectivity index (χ4n) is 2.36. The van der Waals surface area contributed by atoms with E-state index in [2.05, 4.69) is 9.97 Å². The zero-order valence-corrected chi connectivity index (χ0v) is 13.5. The summed E-state index contributed by atoms with van der Waals surface area (Å²) in [5.74, 6) is 1.26. The van der Waals surface area contributed by atoms with Crippen LogP contribution in [0.5, 0.6) is 11.5 Å². The molecule has 0 fully saturated rings. The van der Waals surface area contributed by atoms with Crippen LogP contribution in [0.25, 0.3) is 10.9 Å². The molecule has 0 amide bonds. The molecule has 0 N–H and O–H groups in total. The van der Waals surface area contributed by atoms with Crippen molar-refractivity contribution in [1.82, 2.24) is 9.97 Å². The van der Waals surface area contributed by atoms with E-state index in [4.69, 9.17) is 16.3 Å². The molecule has 0 unspecified atom stereocenters. The van der Waals surface area contributed by atoms with Gasteiger partial charge < -0.3 is 4.74 Å². The predicted octanol–water partition coefficient (Wildman–Crippen LogP) is 5.71. The smallest absolute Gasteiger partial charge is 0.416 e. The lowest BCUT2D eigenvalue weighted by Crippen LogP contribution is -2.04. The number of benzene rings is 2. The molecule has 7 heteroatoms. The molecule has 1 aromatic heterocycles. The van der Waals surface area contributed by atoms with Gasteiger partial charge in [-0.05, 0) is 50.2 Å². The topological polar surface area (TPSA) is 35.0 Å². The molecule has 0 spiro atoms. The molecule has 3 aromatic rings. The molecule has 24 heavy (non-hydrogen) atoms. The summed E-state index contributed by atoms with van der Waals surface area (Å²) in [6, 6.07) is 8.16. The lowest BCUT2D eigenvalue weighted by atomic mass is 10.2. The lowest BCUT2D eigenvalue weighted by Gasteiger charge is -2.12. The van der Waals surface area contributed by atoms with Crippen molar-refractivity contribution in [3.05, 3.63) is 58.5 Å². The Morgan fingerprint density at radius 2 is 1.75 bits per heavy atom. The third-order valence-corrected chi connectivity index (χ3v) is 3.75. The van der Waals surface area contributed by atoms with Gasteiger partial charge in [-0.15, -0.1) is 0 Å². The largest absolute Gasteiger partial charge is 0.456 e. The molecule has 0 bridgehead atoms. The molecule has 1 heterocycles. The van der Waals surface area contributed by atoms with Crippen LogP contribution < -0.4 is 4.74 Å². The normalized spacial score (nSPS) is 11.8. The van der Waals surface area contributed by atoms with E-state index in [0.717, 1.165) is 28.7 Å². The summed E-state index contributed by atoms with van der Waals surface area (Å²) in [6.07, 6.45) is -4.45. The second kappa shape index (κ2) is 5.94. The SMILES string of the molecule is Cc1nc(C)c2cc(Oc3ccc(C(F)(F)F)cc3Cl)ccc2n1. The summed E-state index contributed by atoms with van der Waals surface area (Å²) in [5.41, 5.74) is 0.741. The van der Waals surface area contributed by atoms with E-state index in [9.17, 15) is 13.2 Å². The van der Waals surface area contributed by atoms with Gasteiger partial charge in [0, 0.05) is 11.1 Å². The summed E-state index contributed by atoms with van der Waals surface area (Å²) >= 11 is 5.91. The van der Waals surface area contributed by atoms with Crippen LogP contribution >= 0.6 is 11.6 Å². The molecule has 0 saturated carbocycles. The molecule has 0 radical (unpaired) electrons. The maximum Gasteiger partial charge on any atom is 0.416 e. The maximum absolute atomic E-state index is 12.7. The summed E-state index contributed by atoms with van der Waals surface area (Å²) in [6.45, 7) is 3.66. The number of fused-ring (bicyclic) bond motifs is 1. The fourth-order valence-corrected chi connectivity index (χ4v) is 2.57. The van der Waals surface area contributed by atoms with Crippen LogP contribution in [-0.2, 0) is 6.18 Å². The molecule has 0 aliphatic heterocycles. The van der Waals surface area contributed by atoms with Gasteiger partial charge >= 0.3 is 6.18 Å². The van der Waals surface area contributed by atoms with Crippen LogP contribution in [-0.4, -0.2) is 9.97 Å². The minimum atomic E-state index is -4.45. The molecular formula is C17H12ClF3N2O. The van der Waals surface area contributed by atoms with Gasteiger partial charge in [0.05, 0.1) is 16.1 Å². The fraction of sp³-hybridized carbons (Fsp3) is 0.176. The minimum absolute atomic E-state index is 0.109. The number of aryl methyl sites for hydroxylation is 2. The van der Waals surface area contributed by atoms with E-state index in [1.807, 2.05) is 6.92 Å². The Morgan fingerprint density at radius 1 is 1.00 bits per heavy atom. The second-order valence-corrected chi connectivity index (χ2v) is 5.69. The van der Waals surface area contributed by atoms with E-state index >= 15 is 0 Å². The number of alkyl halides is 3. The number of hydrogen-bond acceptors (Lipinski definition) is 3. The first kappa shape index (κ1) is 16.5. The third kappa shape index (κ3) is 3.28. The van der Waals surface area contributed by atoms with Crippen molar-refractivity contribution in [2.75, 3.05) is 0 Å². The van der Waals surface area contributed by atoms with Gasteiger partial charge in [-0.1, -0.05) is 11.6 Å². The lowest BCUT2D eigenvalue weighted by molar-refractivity contribution is -0.137. The van der Waals surface area contributed by atoms with Gasteiger partial charge in [-0.2, -0.15) is 13.2 Å². The summed E-state index contributed by atoms with van der Waals surface area (Å²) < 4.78 is 43.6. The Labute approximate surface area is 141 Å². The molecular weight excluding hydrogens is 341 g/mol. The van der Waals surface area contributed by atoms with Gasteiger partial charge in [0.15, 0.2) is 0 Å². The Bertz CT molecular complexity index is 926. The number of hydrogen-bond donors (Lipinski definition) is 0. The average molecular weight is 353 g/mol. The van der Waals surface area contributed by atoms with Crippen LogP contribution in [0.15, 0.2) is 36.4 Å². The van der Waals surface area contributed by atoms with Crippen LogP contribution in [0.2, 0.25) is 5.02 Å². The maximum atomic E-state index is 12.7. The van der Waals surface area contributed by atoms with E-state index in [1.165, 1.54) is 6.07 Å². The quantitative estimate of drug-likeness (QED) is 0.592. The first-order valence-electron chi connectivity index (χ1n) is 7.03. The first-order chi connectivity index (χ1) is 11.2. The molecule has 2 aromatic carbocycles. The van der Waals surface area contributed by atoms with Gasteiger partial charge in [0.25, 0.3) is 0 Å². The number of aromatic nitrogens is 2. The Morgan fingerprint density at radius 3 is 2.42 bits per heavy atom. The van der Waals surface area contributed by atoms with E-state index in [1.54, 1.807) is 25.1 Å². The number of nitrogens with zero attached hydrogens (tertiary/aromatic N) is 2. The highest BCUT2D eigenvalue weighted by atomic mass is 35.5. The van der Waals surface area contributed by atoms with Crippen molar-refractivity contribution in [3.63, 3.8) is 0 Å². The predicted molar refractivity (Wildman–Crippen MR) is 85.5 cm³/mol. The summed E-state index contributed by atoms with van der Waals surface area (Å²) in [5, 5.41) is 0.697.